The second kappa shape index (κ2) is 8.38. The molecule has 0 aliphatic carbocycles. The van der Waals surface area contributed by atoms with Crippen molar-refractivity contribution in [3.63, 3.8) is 0 Å². The van der Waals surface area contributed by atoms with Gasteiger partial charge in [-0.15, -0.1) is 0 Å². The highest BCUT2D eigenvalue weighted by Crippen LogP contribution is 2.34. The number of hydrogen-bond donors (Lipinski definition) is 1. The average Bonchev–Trinajstić information content (AvgIpc) is 2.79. The highest BCUT2D eigenvalue weighted by atomic mass is 35.5. The molecule has 4 nitrogen and oxygen atoms in total. The summed E-state index contributed by atoms with van der Waals surface area (Å²) in [6.45, 7) is 5.66. The number of hydrazone groups is 1. The smallest absolute Gasteiger partial charge is 0.185 e. The fourth-order valence-corrected chi connectivity index (χ4v) is 2.27. The molecule has 1 fully saturated rings. The summed E-state index contributed by atoms with van der Waals surface area (Å²) in [6.07, 6.45) is 1.94. The number of rotatable bonds is 3. The number of benzene rings is 1. The van der Waals surface area contributed by atoms with E-state index in [1.165, 1.54) is 0 Å². The zero-order valence-electron chi connectivity index (χ0n) is 10.8. The van der Waals surface area contributed by atoms with E-state index < -0.39 is 0 Å². The summed E-state index contributed by atoms with van der Waals surface area (Å²) in [5, 5.41) is 3.96. The molecular weight excluding hydrogens is 287 g/mol. The first-order valence-electron chi connectivity index (χ1n) is 6.00. The molecule has 2 unspecified atom stereocenters. The lowest BCUT2D eigenvalue weighted by molar-refractivity contribution is -0.0610. The molecule has 1 heterocycles. The van der Waals surface area contributed by atoms with Gasteiger partial charge in [-0.3, -0.25) is 0 Å². The van der Waals surface area contributed by atoms with Crippen molar-refractivity contribution in [2.24, 2.45) is 10.9 Å². The van der Waals surface area contributed by atoms with Gasteiger partial charge in [0.15, 0.2) is 6.29 Å². The summed E-state index contributed by atoms with van der Waals surface area (Å²) in [5.41, 5.74) is 0.852. The fraction of sp³-hybridized carbons (Fsp3) is 0.462. The van der Waals surface area contributed by atoms with Crippen molar-refractivity contribution in [3.05, 3.63) is 33.8 Å². The normalized spacial score (nSPS) is 21.6. The second-order valence-corrected chi connectivity index (χ2v) is 4.90. The van der Waals surface area contributed by atoms with Crippen molar-refractivity contribution in [2.75, 3.05) is 6.61 Å². The molecule has 2 atom stereocenters. The van der Waals surface area contributed by atoms with Gasteiger partial charge in [-0.25, -0.2) is 0 Å². The highest BCUT2D eigenvalue weighted by Gasteiger charge is 2.28. The van der Waals surface area contributed by atoms with Gasteiger partial charge < -0.3 is 15.3 Å². The van der Waals surface area contributed by atoms with Crippen LogP contribution in [0.2, 0.25) is 10.0 Å². The molecule has 19 heavy (non-hydrogen) atoms. The molecule has 1 aromatic rings. The zero-order valence-corrected chi connectivity index (χ0v) is 12.3. The van der Waals surface area contributed by atoms with Crippen LogP contribution < -0.4 is 5.84 Å². The predicted molar refractivity (Wildman–Crippen MR) is 78.7 cm³/mol. The van der Waals surface area contributed by atoms with Crippen molar-refractivity contribution in [2.45, 2.75) is 32.2 Å². The van der Waals surface area contributed by atoms with E-state index in [9.17, 15) is 0 Å². The molecule has 1 aliphatic rings. The van der Waals surface area contributed by atoms with Gasteiger partial charge in [0.25, 0.3) is 0 Å². The van der Waals surface area contributed by atoms with E-state index in [0.29, 0.717) is 16.7 Å². The van der Waals surface area contributed by atoms with Crippen LogP contribution in [0.25, 0.3) is 0 Å². The third-order valence-corrected chi connectivity index (χ3v) is 3.14. The molecule has 1 aromatic carbocycles. The first-order chi connectivity index (χ1) is 9.12. The first kappa shape index (κ1) is 16.2. The summed E-state index contributed by atoms with van der Waals surface area (Å²) < 4.78 is 11.3. The van der Waals surface area contributed by atoms with Crippen LogP contribution >= 0.6 is 23.2 Å². The van der Waals surface area contributed by atoms with Gasteiger partial charge in [0.05, 0.1) is 17.7 Å². The van der Waals surface area contributed by atoms with Gasteiger partial charge in [0.1, 0.15) is 0 Å². The number of halogens is 2. The van der Waals surface area contributed by atoms with E-state index in [1.54, 1.807) is 12.1 Å². The van der Waals surface area contributed by atoms with E-state index in [0.717, 1.165) is 18.4 Å². The van der Waals surface area contributed by atoms with Crippen molar-refractivity contribution in [1.29, 1.82) is 0 Å². The Morgan fingerprint density at radius 1 is 1.47 bits per heavy atom. The molecular formula is C13H18Cl2N2O2. The van der Waals surface area contributed by atoms with E-state index in [-0.39, 0.29) is 12.4 Å². The summed E-state index contributed by atoms with van der Waals surface area (Å²) >= 11 is 11.9. The Morgan fingerprint density at radius 3 is 2.74 bits per heavy atom. The van der Waals surface area contributed by atoms with E-state index in [1.807, 2.05) is 6.07 Å². The Morgan fingerprint density at radius 2 is 2.16 bits per heavy atom. The summed E-state index contributed by atoms with van der Waals surface area (Å²) in [4.78, 5) is 0. The number of hydrogen-bond acceptors (Lipinski definition) is 4. The van der Waals surface area contributed by atoms with Crippen LogP contribution in [0.1, 0.15) is 31.6 Å². The van der Waals surface area contributed by atoms with Gasteiger partial charge in [0.2, 0.25) is 0 Å². The third-order valence-electron chi connectivity index (χ3n) is 2.58. The molecule has 0 amide bonds. The fourth-order valence-electron chi connectivity index (χ4n) is 1.78. The summed E-state index contributed by atoms with van der Waals surface area (Å²) in [6, 6.07) is 5.35. The Bertz CT molecular complexity index is 416. The first-order valence-corrected chi connectivity index (χ1v) is 6.75. The lowest BCUT2D eigenvalue weighted by Crippen LogP contribution is -2.08. The quantitative estimate of drug-likeness (QED) is 0.525. The lowest BCUT2D eigenvalue weighted by atomic mass is 10.2. The van der Waals surface area contributed by atoms with E-state index in [4.69, 9.17) is 32.7 Å². The van der Waals surface area contributed by atoms with E-state index >= 15 is 0 Å². The minimum absolute atomic E-state index is 0.182. The molecule has 0 bridgehead atoms. The van der Waals surface area contributed by atoms with Crippen molar-refractivity contribution in [3.8, 4) is 0 Å². The van der Waals surface area contributed by atoms with Crippen LogP contribution in [0.3, 0.4) is 0 Å². The number of ether oxygens (including phenoxy) is 2. The Hall–Kier alpha value is -0.810. The zero-order chi connectivity index (χ0) is 14.3. The van der Waals surface area contributed by atoms with Gasteiger partial charge in [-0.05, 0) is 18.6 Å². The molecule has 106 valence electrons. The predicted octanol–water partition coefficient (Wildman–Crippen LogP) is 3.77. The van der Waals surface area contributed by atoms with Crippen LogP contribution in [0.15, 0.2) is 23.3 Å². The van der Waals surface area contributed by atoms with Crippen LogP contribution in [0, 0.1) is 0 Å². The Balaban J connectivity index is 0.000000550. The van der Waals surface area contributed by atoms with Crippen LogP contribution in [-0.2, 0) is 9.47 Å². The second-order valence-electron chi connectivity index (χ2n) is 4.06. The molecule has 0 saturated carbocycles. The molecule has 1 aliphatic heterocycles. The maximum absolute atomic E-state index is 6.09. The van der Waals surface area contributed by atoms with E-state index in [2.05, 4.69) is 24.6 Å². The van der Waals surface area contributed by atoms with Gasteiger partial charge in [-0.2, -0.15) is 5.10 Å². The number of nitrogens with zero attached hydrogens (tertiary/aromatic N) is 1. The topological polar surface area (TPSA) is 56.8 Å². The molecule has 1 saturated heterocycles. The maximum atomic E-state index is 6.09. The summed E-state index contributed by atoms with van der Waals surface area (Å²) in [7, 11) is 0. The molecule has 6 heteroatoms. The largest absolute Gasteiger partial charge is 0.346 e. The molecule has 0 aromatic heterocycles. The van der Waals surface area contributed by atoms with Gasteiger partial charge in [-0.1, -0.05) is 42.6 Å². The maximum Gasteiger partial charge on any atom is 0.185 e. The van der Waals surface area contributed by atoms with Crippen LogP contribution in [0.5, 0.6) is 0 Å². The summed E-state index contributed by atoms with van der Waals surface area (Å²) in [5.74, 6) is 4.36. The van der Waals surface area contributed by atoms with Crippen LogP contribution in [-0.4, -0.2) is 19.4 Å². The monoisotopic (exact) mass is 304 g/mol. The average molecular weight is 305 g/mol. The Labute approximate surface area is 123 Å². The minimum Gasteiger partial charge on any atom is -0.346 e. The molecule has 0 spiro atoms. The van der Waals surface area contributed by atoms with Crippen molar-refractivity contribution in [1.82, 2.24) is 0 Å². The third kappa shape index (κ3) is 4.99. The number of nitrogens with two attached hydrogens (primary N) is 1. The minimum atomic E-state index is -0.346. The van der Waals surface area contributed by atoms with Crippen molar-refractivity contribution < 1.29 is 9.47 Å². The lowest BCUT2D eigenvalue weighted by Gasteiger charge is -2.12. The van der Waals surface area contributed by atoms with Gasteiger partial charge >= 0.3 is 0 Å². The molecule has 2 rings (SSSR count). The standard InChI is InChI=1S/C12H14Cl2O2.CH4N2/c1-2-3-9-7-15-12(16-9)10-5-4-8(13)6-11(10)14;1-3-2/h4-6,9,12H,2-3,7H2,1H3;1-2H2. The SMILES string of the molecule is C=NN.CCCC1COC(c2ccc(Cl)cc2Cl)O1. The molecule has 0 radical (unpaired) electrons. The Kier molecular flexibility index (Phi) is 7.16. The highest BCUT2D eigenvalue weighted by molar-refractivity contribution is 6.35. The molecule has 2 N–H and O–H groups in total. The van der Waals surface area contributed by atoms with Crippen LogP contribution in [0.4, 0.5) is 0 Å². The van der Waals surface area contributed by atoms with Crippen molar-refractivity contribution >= 4 is 29.9 Å². The van der Waals surface area contributed by atoms with Gasteiger partial charge in [0, 0.05) is 17.3 Å².